The molecule has 0 aromatic heterocycles. The molecule has 4 nitrogen and oxygen atoms in total. The number of thiocarbonyl (C=S) groups is 1. The number of methoxy groups -OCH3 is 1. The van der Waals surface area contributed by atoms with Crippen LogP contribution in [0.1, 0.15) is 5.56 Å². The predicted molar refractivity (Wildman–Crippen MR) is 79.1 cm³/mol. The van der Waals surface area contributed by atoms with E-state index in [1.807, 2.05) is 6.07 Å². The lowest BCUT2D eigenvalue weighted by Crippen LogP contribution is -2.09. The molecule has 5 heteroatoms. The second-order valence-electron chi connectivity index (χ2n) is 3.54. The third-order valence-electron chi connectivity index (χ3n) is 2.24. The largest absolute Gasteiger partial charge is 0.493 e. The van der Waals surface area contributed by atoms with E-state index in [9.17, 15) is 0 Å². The number of benzene rings is 1. The molecule has 1 rings (SSSR count). The number of nitriles is 1. The van der Waals surface area contributed by atoms with Crippen molar-refractivity contribution >= 4 is 23.3 Å². The summed E-state index contributed by atoms with van der Waals surface area (Å²) in [7, 11) is 1.54. The first-order valence-electron chi connectivity index (χ1n) is 5.45. The first-order chi connectivity index (χ1) is 9.12. The first-order valence-corrected chi connectivity index (χ1v) is 5.86. The molecule has 0 heterocycles. The average molecular weight is 274 g/mol. The van der Waals surface area contributed by atoms with Gasteiger partial charge in [0.25, 0.3) is 0 Å². The van der Waals surface area contributed by atoms with Gasteiger partial charge in [0, 0.05) is 0 Å². The summed E-state index contributed by atoms with van der Waals surface area (Å²) in [6.45, 7) is 3.97. The second kappa shape index (κ2) is 7.19. The van der Waals surface area contributed by atoms with E-state index in [2.05, 4.69) is 6.58 Å². The van der Waals surface area contributed by atoms with E-state index < -0.39 is 0 Å². The van der Waals surface area contributed by atoms with Crippen LogP contribution in [-0.2, 0) is 0 Å². The zero-order chi connectivity index (χ0) is 14.3. The fraction of sp³-hybridized carbons (Fsp3) is 0.143. The molecule has 1 aromatic carbocycles. The van der Waals surface area contributed by atoms with Gasteiger partial charge in [-0.25, -0.2) is 0 Å². The van der Waals surface area contributed by atoms with Crippen LogP contribution in [0.2, 0.25) is 0 Å². The standard InChI is InChI=1S/C14H14N2O2S/c1-3-6-18-12-5-4-10(8-13(12)17-2)7-11(9-15)14(16)19/h3-5,7-8H,1,6H2,2H3,(H2,16,19)/b11-7+. The van der Waals surface area contributed by atoms with Crippen LogP contribution >= 0.6 is 12.2 Å². The number of nitrogens with two attached hydrogens (primary N) is 1. The summed E-state index contributed by atoms with van der Waals surface area (Å²) in [5.41, 5.74) is 6.44. The molecule has 0 saturated heterocycles. The van der Waals surface area contributed by atoms with Crippen LogP contribution in [0.4, 0.5) is 0 Å². The average Bonchev–Trinajstić information content (AvgIpc) is 2.42. The summed E-state index contributed by atoms with van der Waals surface area (Å²) in [6, 6.07) is 7.23. The smallest absolute Gasteiger partial charge is 0.161 e. The summed E-state index contributed by atoms with van der Waals surface area (Å²) < 4.78 is 10.7. The minimum atomic E-state index is 0.0634. The number of hydrogen-bond acceptors (Lipinski definition) is 4. The summed E-state index contributed by atoms with van der Waals surface area (Å²) in [6.07, 6.45) is 3.25. The van der Waals surface area contributed by atoms with Gasteiger partial charge in [0.05, 0.1) is 12.7 Å². The van der Waals surface area contributed by atoms with E-state index in [-0.39, 0.29) is 10.6 Å². The van der Waals surface area contributed by atoms with Crippen LogP contribution in [-0.4, -0.2) is 18.7 Å². The van der Waals surface area contributed by atoms with E-state index in [1.165, 1.54) is 0 Å². The van der Waals surface area contributed by atoms with Gasteiger partial charge in [-0.05, 0) is 23.8 Å². The molecule has 98 valence electrons. The number of nitrogens with zero attached hydrogens (tertiary/aromatic N) is 1. The summed E-state index contributed by atoms with van der Waals surface area (Å²) in [4.78, 5) is 0.0634. The summed E-state index contributed by atoms with van der Waals surface area (Å²) >= 11 is 4.78. The molecule has 1 aromatic rings. The zero-order valence-electron chi connectivity index (χ0n) is 10.6. The normalized spacial score (nSPS) is 10.4. The highest BCUT2D eigenvalue weighted by molar-refractivity contribution is 7.80. The molecular weight excluding hydrogens is 260 g/mol. The van der Waals surface area contributed by atoms with Gasteiger partial charge < -0.3 is 15.2 Å². The van der Waals surface area contributed by atoms with Crippen molar-refractivity contribution in [2.24, 2.45) is 5.73 Å². The summed E-state index contributed by atoms with van der Waals surface area (Å²) in [5, 5.41) is 8.90. The molecule has 0 aliphatic carbocycles. The predicted octanol–water partition coefficient (Wildman–Crippen LogP) is 2.45. The van der Waals surface area contributed by atoms with Crippen LogP contribution < -0.4 is 15.2 Å². The zero-order valence-corrected chi connectivity index (χ0v) is 11.4. The van der Waals surface area contributed by atoms with Gasteiger partial charge in [0.1, 0.15) is 17.7 Å². The molecule has 0 atom stereocenters. The molecule has 0 fully saturated rings. The van der Waals surface area contributed by atoms with Crippen LogP contribution in [0, 0.1) is 11.3 Å². The molecule has 0 radical (unpaired) electrons. The van der Waals surface area contributed by atoms with Crippen molar-refractivity contribution in [3.05, 3.63) is 42.0 Å². The lowest BCUT2D eigenvalue weighted by molar-refractivity contribution is 0.326. The summed E-state index contributed by atoms with van der Waals surface area (Å²) in [5.74, 6) is 1.17. The molecule has 0 aliphatic rings. The van der Waals surface area contributed by atoms with Crippen molar-refractivity contribution in [3.63, 3.8) is 0 Å². The van der Waals surface area contributed by atoms with Gasteiger partial charge in [-0.3, -0.25) is 0 Å². The third-order valence-corrected chi connectivity index (χ3v) is 2.46. The van der Waals surface area contributed by atoms with Crippen molar-refractivity contribution in [2.45, 2.75) is 0 Å². The fourth-order valence-corrected chi connectivity index (χ4v) is 1.47. The number of hydrogen-bond donors (Lipinski definition) is 1. The van der Waals surface area contributed by atoms with Gasteiger partial charge in [0.15, 0.2) is 11.5 Å². The van der Waals surface area contributed by atoms with Crippen molar-refractivity contribution in [1.82, 2.24) is 0 Å². The highest BCUT2D eigenvalue weighted by Crippen LogP contribution is 2.28. The Balaban J connectivity index is 3.10. The van der Waals surface area contributed by atoms with Crippen molar-refractivity contribution in [1.29, 1.82) is 5.26 Å². The van der Waals surface area contributed by atoms with Crippen molar-refractivity contribution in [3.8, 4) is 17.6 Å². The highest BCUT2D eigenvalue weighted by atomic mass is 32.1. The Morgan fingerprint density at radius 3 is 2.79 bits per heavy atom. The molecule has 0 saturated carbocycles. The minimum absolute atomic E-state index is 0.0634. The maximum absolute atomic E-state index is 8.90. The topological polar surface area (TPSA) is 68.3 Å². The maximum Gasteiger partial charge on any atom is 0.161 e. The lowest BCUT2D eigenvalue weighted by atomic mass is 10.1. The Hall–Kier alpha value is -2.32. The Morgan fingerprint density at radius 1 is 1.53 bits per heavy atom. The molecule has 0 amide bonds. The van der Waals surface area contributed by atoms with Crippen LogP contribution in [0.3, 0.4) is 0 Å². The van der Waals surface area contributed by atoms with Crippen LogP contribution in [0.5, 0.6) is 11.5 Å². The molecular formula is C14H14N2O2S. The number of ether oxygens (including phenoxy) is 2. The third kappa shape index (κ3) is 4.12. The lowest BCUT2D eigenvalue weighted by Gasteiger charge is -2.09. The first kappa shape index (κ1) is 14.7. The molecule has 0 unspecified atom stereocenters. The van der Waals surface area contributed by atoms with Gasteiger partial charge in [-0.2, -0.15) is 5.26 Å². The fourth-order valence-electron chi connectivity index (χ4n) is 1.37. The van der Waals surface area contributed by atoms with Crippen LogP contribution in [0.25, 0.3) is 6.08 Å². The molecule has 19 heavy (non-hydrogen) atoms. The minimum Gasteiger partial charge on any atom is -0.493 e. The molecule has 0 aliphatic heterocycles. The second-order valence-corrected chi connectivity index (χ2v) is 3.98. The SMILES string of the molecule is C=CCOc1ccc(/C=C(\C#N)C(N)=S)cc1OC. The molecule has 0 spiro atoms. The Morgan fingerprint density at radius 2 is 2.26 bits per heavy atom. The van der Waals surface area contributed by atoms with E-state index in [1.54, 1.807) is 37.5 Å². The Kier molecular flexibility index (Phi) is 5.58. The van der Waals surface area contributed by atoms with Gasteiger partial charge >= 0.3 is 0 Å². The van der Waals surface area contributed by atoms with Gasteiger partial charge in [0.2, 0.25) is 0 Å². The van der Waals surface area contributed by atoms with E-state index in [0.29, 0.717) is 18.1 Å². The Bertz CT molecular complexity index is 559. The quantitative estimate of drug-likeness (QED) is 0.373. The van der Waals surface area contributed by atoms with E-state index in [4.69, 9.17) is 32.7 Å². The van der Waals surface area contributed by atoms with Crippen molar-refractivity contribution < 1.29 is 9.47 Å². The van der Waals surface area contributed by atoms with E-state index in [0.717, 1.165) is 5.56 Å². The monoisotopic (exact) mass is 274 g/mol. The number of rotatable bonds is 6. The molecule has 2 N–H and O–H groups in total. The van der Waals surface area contributed by atoms with Gasteiger partial charge in [-0.1, -0.05) is 30.9 Å². The highest BCUT2D eigenvalue weighted by Gasteiger charge is 2.06. The maximum atomic E-state index is 8.90. The molecule has 0 bridgehead atoms. The van der Waals surface area contributed by atoms with Crippen molar-refractivity contribution in [2.75, 3.05) is 13.7 Å². The van der Waals surface area contributed by atoms with Gasteiger partial charge in [-0.15, -0.1) is 0 Å². The van der Waals surface area contributed by atoms with E-state index >= 15 is 0 Å². The van der Waals surface area contributed by atoms with Crippen LogP contribution in [0.15, 0.2) is 36.4 Å². The Labute approximate surface area is 117 Å².